The third-order valence-electron chi connectivity index (χ3n) is 8.66. The lowest BCUT2D eigenvalue weighted by Crippen LogP contribution is -2.57. The number of hydrogen-bond donors (Lipinski definition) is 0. The van der Waals surface area contributed by atoms with Gasteiger partial charge in [-0.2, -0.15) is 0 Å². The smallest absolute Gasteiger partial charge is 0.303 e. The first-order valence-electron chi connectivity index (χ1n) is 11.8. The van der Waals surface area contributed by atoms with Crippen LogP contribution in [0.2, 0.25) is 0 Å². The van der Waals surface area contributed by atoms with Crippen LogP contribution < -0.4 is 0 Å². The summed E-state index contributed by atoms with van der Waals surface area (Å²) in [5.74, 6) is -0.396. The molecule has 0 N–H and O–H groups in total. The first-order chi connectivity index (χ1) is 15.1. The van der Waals surface area contributed by atoms with Crippen LogP contribution in [0.5, 0.6) is 0 Å². The Morgan fingerprint density at radius 3 is 2.34 bits per heavy atom. The van der Waals surface area contributed by atoms with Crippen molar-refractivity contribution < 1.29 is 33.4 Å². The number of carbonyl (C=O) groups excluding carboxylic acids is 4. The predicted molar refractivity (Wildman–Crippen MR) is 114 cm³/mol. The van der Waals surface area contributed by atoms with E-state index in [1.807, 2.05) is 6.08 Å². The molecule has 7 atom stereocenters. The van der Waals surface area contributed by atoms with Gasteiger partial charge in [0.05, 0.1) is 0 Å². The fourth-order valence-electron chi connectivity index (χ4n) is 7.31. The van der Waals surface area contributed by atoms with Crippen molar-refractivity contribution in [1.29, 1.82) is 0 Å². The zero-order chi connectivity index (χ0) is 23.3. The Morgan fingerprint density at radius 2 is 1.69 bits per heavy atom. The minimum atomic E-state index is -0.426. The molecule has 176 valence electrons. The summed E-state index contributed by atoms with van der Waals surface area (Å²) in [6, 6.07) is 0. The molecule has 0 bridgehead atoms. The minimum absolute atomic E-state index is 0.00804. The van der Waals surface area contributed by atoms with Gasteiger partial charge in [0.25, 0.3) is 0 Å². The number of rotatable bonds is 4. The van der Waals surface area contributed by atoms with Crippen molar-refractivity contribution in [2.45, 2.75) is 84.8 Å². The largest absolute Gasteiger partial charge is 0.465 e. The zero-order valence-electron chi connectivity index (χ0n) is 19.5. The molecule has 3 saturated carbocycles. The summed E-state index contributed by atoms with van der Waals surface area (Å²) in [4.78, 5) is 48.2. The molecular weight excluding hydrogens is 412 g/mol. The summed E-state index contributed by atoms with van der Waals surface area (Å²) in [6.45, 7) is 6.58. The lowest BCUT2D eigenvalue weighted by Gasteiger charge is -2.59. The van der Waals surface area contributed by atoms with Gasteiger partial charge in [-0.3, -0.25) is 19.2 Å². The Morgan fingerprint density at radius 1 is 0.969 bits per heavy atom. The Balaban J connectivity index is 1.77. The van der Waals surface area contributed by atoms with E-state index in [-0.39, 0.29) is 59.2 Å². The second-order valence-corrected chi connectivity index (χ2v) is 10.4. The fourth-order valence-corrected chi connectivity index (χ4v) is 7.31. The third-order valence-corrected chi connectivity index (χ3v) is 8.66. The number of Topliss-reactive ketones (excluding diaryl/α,β-unsaturated/α-hetero) is 1. The van der Waals surface area contributed by atoms with Crippen LogP contribution in [0, 0.1) is 28.6 Å². The molecule has 4 aliphatic rings. The van der Waals surface area contributed by atoms with Gasteiger partial charge in [-0.05, 0) is 50.0 Å². The molecule has 0 heterocycles. The Bertz CT molecular complexity index is 860. The Hall–Kier alpha value is -2.18. The Kier molecular flexibility index (Phi) is 5.97. The van der Waals surface area contributed by atoms with E-state index in [1.54, 1.807) is 0 Å². The van der Waals surface area contributed by atoms with Crippen LogP contribution in [-0.4, -0.2) is 42.5 Å². The van der Waals surface area contributed by atoms with Crippen molar-refractivity contribution in [3.8, 4) is 0 Å². The van der Waals surface area contributed by atoms with E-state index in [0.29, 0.717) is 25.0 Å². The summed E-state index contributed by atoms with van der Waals surface area (Å²) in [5.41, 5.74) is 0.288. The van der Waals surface area contributed by atoms with E-state index in [9.17, 15) is 19.2 Å². The topological polar surface area (TPSA) is 96.0 Å². The number of esters is 3. The van der Waals surface area contributed by atoms with Gasteiger partial charge in [0.1, 0.15) is 24.6 Å². The third kappa shape index (κ3) is 3.77. The molecule has 4 aliphatic carbocycles. The van der Waals surface area contributed by atoms with Gasteiger partial charge in [-0.25, -0.2) is 0 Å². The van der Waals surface area contributed by atoms with Gasteiger partial charge in [0.15, 0.2) is 0 Å². The van der Waals surface area contributed by atoms with Crippen LogP contribution >= 0.6 is 0 Å². The van der Waals surface area contributed by atoms with Crippen LogP contribution in [0.1, 0.15) is 72.6 Å². The monoisotopic (exact) mass is 446 g/mol. The first kappa shape index (κ1) is 23.0. The fraction of sp³-hybridized carbons (Fsp3) is 0.760. The van der Waals surface area contributed by atoms with Crippen molar-refractivity contribution in [1.82, 2.24) is 0 Å². The van der Waals surface area contributed by atoms with Crippen molar-refractivity contribution in [2.24, 2.45) is 28.6 Å². The normalized spacial score (nSPS) is 40.3. The highest BCUT2D eigenvalue weighted by atomic mass is 16.5. The van der Waals surface area contributed by atoms with Crippen LogP contribution in [0.3, 0.4) is 0 Å². The average Bonchev–Trinajstić information content (AvgIpc) is 3.00. The van der Waals surface area contributed by atoms with Crippen molar-refractivity contribution in [3.05, 3.63) is 11.6 Å². The summed E-state index contributed by atoms with van der Waals surface area (Å²) in [7, 11) is 0. The van der Waals surface area contributed by atoms with Gasteiger partial charge in [0.2, 0.25) is 0 Å². The Labute approximate surface area is 189 Å². The predicted octanol–water partition coefficient (Wildman–Crippen LogP) is 3.53. The number of ether oxygens (including phenoxy) is 3. The van der Waals surface area contributed by atoms with E-state index >= 15 is 0 Å². The summed E-state index contributed by atoms with van der Waals surface area (Å²) in [5, 5.41) is 0. The van der Waals surface area contributed by atoms with E-state index < -0.39 is 6.10 Å². The quantitative estimate of drug-likeness (QED) is 0.370. The van der Waals surface area contributed by atoms with Crippen LogP contribution in [0.15, 0.2) is 11.6 Å². The first-order valence-corrected chi connectivity index (χ1v) is 11.8. The maximum atomic E-state index is 12.8. The molecule has 0 aromatic rings. The molecule has 7 nitrogen and oxygen atoms in total. The highest BCUT2D eigenvalue weighted by Gasteiger charge is 2.63. The van der Waals surface area contributed by atoms with Crippen molar-refractivity contribution in [2.75, 3.05) is 6.61 Å². The maximum absolute atomic E-state index is 12.8. The summed E-state index contributed by atoms with van der Waals surface area (Å²) in [6.07, 6.45) is 6.32. The van der Waals surface area contributed by atoms with E-state index in [4.69, 9.17) is 14.2 Å². The highest BCUT2D eigenvalue weighted by Crippen LogP contribution is 2.64. The summed E-state index contributed by atoms with van der Waals surface area (Å²) >= 11 is 0. The molecule has 0 aromatic heterocycles. The van der Waals surface area contributed by atoms with Gasteiger partial charge in [-0.1, -0.05) is 12.5 Å². The second kappa shape index (κ2) is 8.31. The second-order valence-electron chi connectivity index (χ2n) is 10.4. The standard InChI is InChI=1S/C25H34O7/c1-14(26)30-13-25-10-7-18(31-15(2)27)11-17(25)12-21(32-16(3)28)23-19-5-6-22(29)24(19,4)9-8-20(23)25/h12,18-21,23H,5-11,13H2,1-4H3/t18-,19-,20-,21+,23-,24-,25+/m0/s1. The van der Waals surface area contributed by atoms with E-state index in [2.05, 4.69) is 6.92 Å². The molecule has 0 radical (unpaired) electrons. The molecule has 0 aromatic carbocycles. The van der Waals surface area contributed by atoms with Gasteiger partial charge in [-0.15, -0.1) is 0 Å². The lowest BCUT2D eigenvalue weighted by molar-refractivity contribution is -0.165. The molecule has 0 amide bonds. The number of fused-ring (bicyclic) bond motifs is 5. The molecular formula is C25H34O7. The maximum Gasteiger partial charge on any atom is 0.303 e. The minimum Gasteiger partial charge on any atom is -0.465 e. The average molecular weight is 447 g/mol. The molecule has 0 aliphatic heterocycles. The number of carbonyl (C=O) groups is 4. The van der Waals surface area contributed by atoms with Gasteiger partial charge in [0, 0.05) is 50.4 Å². The summed E-state index contributed by atoms with van der Waals surface area (Å²) < 4.78 is 17.0. The molecule has 3 fully saturated rings. The van der Waals surface area contributed by atoms with Gasteiger partial charge < -0.3 is 14.2 Å². The number of ketones is 1. The number of hydrogen-bond acceptors (Lipinski definition) is 7. The molecule has 0 unspecified atom stereocenters. The van der Waals surface area contributed by atoms with Crippen molar-refractivity contribution in [3.63, 3.8) is 0 Å². The molecule has 0 saturated heterocycles. The van der Waals surface area contributed by atoms with Crippen LogP contribution in [0.25, 0.3) is 0 Å². The van der Waals surface area contributed by atoms with Gasteiger partial charge >= 0.3 is 17.9 Å². The van der Waals surface area contributed by atoms with E-state index in [1.165, 1.54) is 20.8 Å². The van der Waals surface area contributed by atoms with Crippen LogP contribution in [0.4, 0.5) is 0 Å². The molecule has 7 heteroatoms. The molecule has 0 spiro atoms. The SMILES string of the molecule is CC(=O)OC[C@]12CC[C@H](OC(C)=O)CC1=C[C@@H](OC(C)=O)[C@@H]1[C@@H]2CC[C@]2(C)C(=O)CC[C@@H]12. The van der Waals surface area contributed by atoms with Crippen molar-refractivity contribution >= 4 is 23.7 Å². The molecule has 4 rings (SSSR count). The lowest BCUT2D eigenvalue weighted by atomic mass is 9.47. The van der Waals surface area contributed by atoms with Crippen LogP contribution in [-0.2, 0) is 33.4 Å². The molecule has 32 heavy (non-hydrogen) atoms. The van der Waals surface area contributed by atoms with E-state index in [0.717, 1.165) is 31.3 Å². The zero-order valence-corrected chi connectivity index (χ0v) is 19.5. The highest BCUT2D eigenvalue weighted by molar-refractivity contribution is 5.87.